The molecule has 0 unspecified atom stereocenters. The average Bonchev–Trinajstić information content (AvgIpc) is 2.82. The second kappa shape index (κ2) is 8.23. The molecular formula is C26H27NO8. The number of aliphatic hydroxyl groups is 1. The summed E-state index contributed by atoms with van der Waals surface area (Å²) in [4.78, 5) is 39.0. The number of nitrogens with two attached hydrogens (primary N) is 1. The molecule has 5 rings (SSSR count). The van der Waals surface area contributed by atoms with E-state index < -0.39 is 46.8 Å². The summed E-state index contributed by atoms with van der Waals surface area (Å²) in [7, 11) is 0. The van der Waals surface area contributed by atoms with Crippen LogP contribution in [0.25, 0.3) is 0 Å². The van der Waals surface area contributed by atoms with Crippen molar-refractivity contribution in [3.63, 3.8) is 0 Å². The van der Waals surface area contributed by atoms with Crippen LogP contribution in [0.5, 0.6) is 11.5 Å². The van der Waals surface area contributed by atoms with E-state index in [1.165, 1.54) is 19.1 Å². The van der Waals surface area contributed by atoms with Gasteiger partial charge < -0.3 is 30.5 Å². The lowest BCUT2D eigenvalue weighted by molar-refractivity contribution is -0.226. The van der Waals surface area contributed by atoms with Gasteiger partial charge in [0.1, 0.15) is 17.1 Å². The number of ether oxygens (including phenoxy) is 2. The average molecular weight is 482 g/mol. The fraction of sp³-hybridized carbons (Fsp3) is 0.423. The third-order valence-electron chi connectivity index (χ3n) is 7.45. The molecule has 1 fully saturated rings. The molecule has 0 radical (unpaired) electrons. The lowest BCUT2D eigenvalue weighted by Crippen LogP contribution is -2.47. The van der Waals surface area contributed by atoms with Crippen LogP contribution >= 0.6 is 0 Å². The molecule has 0 spiro atoms. The SMILES string of the molecule is CC(=O)[C@]1(O)Cc2c(O)c3c(c(O)c2[C@@H](O[C@H]2CC[C@@H](N)[C@H](C)O2)C1)C(=O)c1ccccc1C3=O. The molecule has 9 heteroatoms. The largest absolute Gasteiger partial charge is 0.507 e. The first-order valence-electron chi connectivity index (χ1n) is 11.6. The van der Waals surface area contributed by atoms with Crippen LogP contribution in [-0.4, -0.2) is 56.7 Å². The van der Waals surface area contributed by atoms with Gasteiger partial charge in [-0.05, 0) is 26.7 Å². The summed E-state index contributed by atoms with van der Waals surface area (Å²) in [5.74, 6) is -2.84. The van der Waals surface area contributed by atoms with Gasteiger partial charge in [0.25, 0.3) is 0 Å². The van der Waals surface area contributed by atoms with Crippen LogP contribution in [0.3, 0.4) is 0 Å². The van der Waals surface area contributed by atoms with Gasteiger partial charge in [-0.2, -0.15) is 0 Å². The van der Waals surface area contributed by atoms with Crippen molar-refractivity contribution in [1.29, 1.82) is 0 Å². The molecule has 0 amide bonds. The van der Waals surface area contributed by atoms with E-state index >= 15 is 0 Å². The van der Waals surface area contributed by atoms with Crippen LogP contribution in [0.15, 0.2) is 24.3 Å². The molecule has 0 saturated carbocycles. The van der Waals surface area contributed by atoms with Crippen molar-refractivity contribution in [1.82, 2.24) is 0 Å². The maximum Gasteiger partial charge on any atom is 0.198 e. The number of carbonyl (C=O) groups excluding carboxylic acids is 3. The molecule has 5 atom stereocenters. The second-order valence-corrected chi connectivity index (χ2v) is 9.65. The maximum absolute atomic E-state index is 13.3. The summed E-state index contributed by atoms with van der Waals surface area (Å²) < 4.78 is 12.0. The number of hydrogen-bond donors (Lipinski definition) is 4. The molecule has 1 heterocycles. The lowest BCUT2D eigenvalue weighted by Gasteiger charge is -2.41. The minimum absolute atomic E-state index is 0.00343. The molecule has 5 N–H and O–H groups in total. The van der Waals surface area contributed by atoms with Gasteiger partial charge in [-0.3, -0.25) is 14.4 Å². The van der Waals surface area contributed by atoms with Gasteiger partial charge in [0.15, 0.2) is 23.6 Å². The predicted octanol–water partition coefficient (Wildman–Crippen LogP) is 2.05. The third-order valence-corrected chi connectivity index (χ3v) is 7.45. The Morgan fingerprint density at radius 1 is 1.09 bits per heavy atom. The zero-order valence-corrected chi connectivity index (χ0v) is 19.4. The topological polar surface area (TPSA) is 156 Å². The molecule has 1 saturated heterocycles. The number of phenolic OH excluding ortho intramolecular Hbond substituents is 2. The van der Waals surface area contributed by atoms with E-state index in [4.69, 9.17) is 15.2 Å². The summed E-state index contributed by atoms with van der Waals surface area (Å²) in [6.45, 7) is 3.03. The van der Waals surface area contributed by atoms with Crippen molar-refractivity contribution in [2.45, 2.75) is 69.7 Å². The van der Waals surface area contributed by atoms with Crippen molar-refractivity contribution in [3.05, 3.63) is 57.6 Å². The van der Waals surface area contributed by atoms with Gasteiger partial charge in [0, 0.05) is 41.1 Å². The summed E-state index contributed by atoms with van der Waals surface area (Å²) in [6, 6.07) is 5.99. The number of Topliss-reactive ketones (excluding diaryl/α,β-unsaturated/α-hetero) is 1. The molecule has 0 aromatic heterocycles. The molecule has 1 aliphatic heterocycles. The highest BCUT2D eigenvalue weighted by atomic mass is 16.7. The molecule has 35 heavy (non-hydrogen) atoms. The fourth-order valence-electron chi connectivity index (χ4n) is 5.32. The van der Waals surface area contributed by atoms with Gasteiger partial charge in [0.05, 0.1) is 23.3 Å². The lowest BCUT2D eigenvalue weighted by atomic mass is 9.72. The summed E-state index contributed by atoms with van der Waals surface area (Å²) in [6.07, 6.45) is -1.64. The summed E-state index contributed by atoms with van der Waals surface area (Å²) in [5, 5.41) is 33.7. The van der Waals surface area contributed by atoms with Gasteiger partial charge in [-0.25, -0.2) is 0 Å². The molecule has 2 aromatic carbocycles. The number of hydrogen-bond acceptors (Lipinski definition) is 9. The van der Waals surface area contributed by atoms with Crippen LogP contribution in [0.2, 0.25) is 0 Å². The highest BCUT2D eigenvalue weighted by molar-refractivity contribution is 6.30. The Bertz CT molecular complexity index is 1270. The zero-order chi connectivity index (χ0) is 25.2. The first-order chi connectivity index (χ1) is 16.5. The first kappa shape index (κ1) is 23.6. The number of carbonyl (C=O) groups is 3. The smallest absolute Gasteiger partial charge is 0.198 e. The minimum atomic E-state index is -1.91. The second-order valence-electron chi connectivity index (χ2n) is 9.65. The Balaban J connectivity index is 1.67. The number of rotatable bonds is 3. The monoisotopic (exact) mass is 481 g/mol. The Kier molecular flexibility index (Phi) is 5.56. The van der Waals surface area contributed by atoms with E-state index in [1.807, 2.05) is 6.92 Å². The van der Waals surface area contributed by atoms with Gasteiger partial charge in [-0.1, -0.05) is 24.3 Å². The van der Waals surface area contributed by atoms with E-state index in [1.54, 1.807) is 12.1 Å². The maximum atomic E-state index is 13.3. The Morgan fingerprint density at radius 3 is 2.26 bits per heavy atom. The van der Waals surface area contributed by atoms with Gasteiger partial charge >= 0.3 is 0 Å². The number of phenols is 2. The van der Waals surface area contributed by atoms with E-state index in [0.29, 0.717) is 12.8 Å². The zero-order valence-electron chi connectivity index (χ0n) is 19.4. The number of fused-ring (bicyclic) bond motifs is 3. The van der Waals surface area contributed by atoms with Crippen molar-refractivity contribution in [2.24, 2.45) is 5.73 Å². The molecule has 2 aromatic rings. The van der Waals surface area contributed by atoms with Crippen molar-refractivity contribution >= 4 is 17.3 Å². The van der Waals surface area contributed by atoms with E-state index in [9.17, 15) is 29.7 Å². The highest BCUT2D eigenvalue weighted by Crippen LogP contribution is 2.51. The fourth-order valence-corrected chi connectivity index (χ4v) is 5.32. The molecule has 184 valence electrons. The minimum Gasteiger partial charge on any atom is -0.507 e. The van der Waals surface area contributed by atoms with E-state index in [-0.39, 0.29) is 58.4 Å². The normalized spacial score (nSPS) is 29.8. The van der Waals surface area contributed by atoms with E-state index in [2.05, 4.69) is 0 Å². The van der Waals surface area contributed by atoms with Crippen LogP contribution < -0.4 is 5.73 Å². The van der Waals surface area contributed by atoms with Crippen LogP contribution in [-0.2, 0) is 20.7 Å². The highest BCUT2D eigenvalue weighted by Gasteiger charge is 2.48. The van der Waals surface area contributed by atoms with Crippen molar-refractivity contribution in [2.75, 3.05) is 0 Å². The Labute approximate surface area is 201 Å². The van der Waals surface area contributed by atoms with Crippen LogP contribution in [0.4, 0.5) is 0 Å². The van der Waals surface area contributed by atoms with Gasteiger partial charge in [0.2, 0.25) is 0 Å². The molecule has 9 nitrogen and oxygen atoms in total. The Morgan fingerprint density at radius 2 is 1.69 bits per heavy atom. The van der Waals surface area contributed by atoms with E-state index in [0.717, 1.165) is 0 Å². The molecule has 2 aliphatic carbocycles. The van der Waals surface area contributed by atoms with Crippen molar-refractivity contribution in [3.8, 4) is 11.5 Å². The standard InChI is InChI=1S/C26H27NO8/c1-11-16(27)7-8-18(34-11)35-17-10-26(33,12(2)28)9-15-19(17)25(32)21-20(24(15)31)22(29)13-5-3-4-6-14(13)23(21)30/h3-6,11,16-18,31-33H,7-10,27H2,1-2H3/t11-,16+,17-,18-,26-/m0/s1. The molecular weight excluding hydrogens is 454 g/mol. The first-order valence-corrected chi connectivity index (χ1v) is 11.6. The third kappa shape index (κ3) is 3.58. The van der Waals surface area contributed by atoms with Crippen LogP contribution in [0, 0.1) is 0 Å². The molecule has 3 aliphatic rings. The Hall–Kier alpha value is -3.11. The molecule has 0 bridgehead atoms. The number of aromatic hydroxyl groups is 2. The van der Waals surface area contributed by atoms with Crippen LogP contribution in [0.1, 0.15) is 82.2 Å². The predicted molar refractivity (Wildman–Crippen MR) is 122 cm³/mol. The quantitative estimate of drug-likeness (QED) is 0.411. The number of ketones is 3. The number of benzene rings is 2. The summed E-state index contributed by atoms with van der Waals surface area (Å²) in [5.41, 5.74) is 3.73. The summed E-state index contributed by atoms with van der Waals surface area (Å²) >= 11 is 0. The van der Waals surface area contributed by atoms with Gasteiger partial charge in [-0.15, -0.1) is 0 Å². The van der Waals surface area contributed by atoms with Crippen molar-refractivity contribution < 1.29 is 39.2 Å².